The third-order valence-electron chi connectivity index (χ3n) is 9.75. The maximum atomic E-state index is 15.3. The van der Waals surface area contributed by atoms with Gasteiger partial charge in [0, 0.05) is 53.4 Å². The summed E-state index contributed by atoms with van der Waals surface area (Å²) in [4.78, 5) is 18.8. The lowest BCUT2D eigenvalue weighted by atomic mass is 9.86. The molecule has 0 aliphatic heterocycles. The number of pyridine rings is 1. The van der Waals surface area contributed by atoms with Crippen LogP contribution < -0.4 is 0 Å². The number of fused-ring (bicyclic) bond motifs is 4. The van der Waals surface area contributed by atoms with Crippen molar-refractivity contribution < 1.29 is 36.2 Å². The molecule has 0 radical (unpaired) electrons. The summed E-state index contributed by atoms with van der Waals surface area (Å²) >= 11 is 0. The van der Waals surface area contributed by atoms with Gasteiger partial charge in [-0.3, -0.25) is 14.2 Å². The fourth-order valence-electron chi connectivity index (χ4n) is 7.55. The first-order chi connectivity index (χ1) is 24.5. The molecule has 2 aliphatic carbocycles. The Kier molecular flexibility index (Phi) is 8.80. The third kappa shape index (κ3) is 6.49. The lowest BCUT2D eigenvalue weighted by Gasteiger charge is -2.21. The van der Waals surface area contributed by atoms with Gasteiger partial charge in [0.15, 0.2) is 5.78 Å². The van der Waals surface area contributed by atoms with E-state index in [1.165, 1.54) is 13.8 Å². The number of carbonyl (C=O) groups is 1. The number of hydrogen-bond donors (Lipinski definition) is 1. The lowest BCUT2D eigenvalue weighted by Crippen LogP contribution is -2.24. The van der Waals surface area contributed by atoms with E-state index in [9.17, 15) is 27.5 Å². The molecule has 3 atom stereocenters. The van der Waals surface area contributed by atoms with Crippen LogP contribution in [0.1, 0.15) is 91.5 Å². The smallest absolute Gasteiger partial charge is 0.293 e. The van der Waals surface area contributed by atoms with Gasteiger partial charge in [0.25, 0.3) is 12.3 Å². The molecule has 1 fully saturated rings. The molecule has 1 N–H and O–H groups in total. The minimum atomic E-state index is -3.42. The Bertz CT molecular complexity index is 2270. The molecule has 270 valence electrons. The topological polar surface area (TPSA) is 85.8 Å². The van der Waals surface area contributed by atoms with E-state index in [1.807, 2.05) is 25.1 Å². The minimum Gasteiger partial charge on any atom is -0.378 e. The molecule has 0 amide bonds. The second kappa shape index (κ2) is 12.9. The number of aromatic nitrogens is 5. The molecule has 3 heterocycles. The van der Waals surface area contributed by atoms with Crippen molar-refractivity contribution in [3.8, 4) is 23.0 Å². The summed E-state index contributed by atoms with van der Waals surface area (Å²) in [5.74, 6) is -2.88. The molecule has 7 nitrogen and oxygen atoms in total. The van der Waals surface area contributed by atoms with Crippen molar-refractivity contribution in [1.29, 1.82) is 0 Å². The van der Waals surface area contributed by atoms with E-state index in [1.54, 1.807) is 23.9 Å². The fraction of sp³-hybridized carbons (Fsp3) is 0.385. The van der Waals surface area contributed by atoms with Crippen molar-refractivity contribution in [2.75, 3.05) is 0 Å². The highest BCUT2D eigenvalue weighted by molar-refractivity contribution is 5.96. The van der Waals surface area contributed by atoms with E-state index in [2.05, 4.69) is 22.0 Å². The molecule has 0 spiro atoms. The highest BCUT2D eigenvalue weighted by atomic mass is 19.3. The van der Waals surface area contributed by atoms with Crippen molar-refractivity contribution in [2.45, 2.75) is 82.8 Å². The van der Waals surface area contributed by atoms with Crippen molar-refractivity contribution in [3.05, 3.63) is 99.8 Å². The summed E-state index contributed by atoms with van der Waals surface area (Å²) in [6, 6.07) is 12.1. The van der Waals surface area contributed by atoms with E-state index >= 15 is 8.78 Å². The van der Waals surface area contributed by atoms with Gasteiger partial charge < -0.3 is 5.11 Å². The number of nitrogens with zero attached hydrogens (tertiary/aromatic N) is 5. The summed E-state index contributed by atoms with van der Waals surface area (Å²) in [6.45, 7) is 4.27. The van der Waals surface area contributed by atoms with E-state index in [4.69, 9.17) is 4.98 Å². The van der Waals surface area contributed by atoms with Gasteiger partial charge in [-0.25, -0.2) is 22.5 Å². The van der Waals surface area contributed by atoms with Crippen molar-refractivity contribution in [1.82, 2.24) is 24.5 Å². The number of aliphatic hydroxyl groups is 1. The maximum absolute atomic E-state index is 15.3. The van der Waals surface area contributed by atoms with Gasteiger partial charge in [-0.05, 0) is 74.8 Å². The zero-order valence-electron chi connectivity index (χ0n) is 28.8. The minimum absolute atomic E-state index is 0.0793. The van der Waals surface area contributed by atoms with Gasteiger partial charge in [0.05, 0.1) is 16.9 Å². The first-order valence-corrected chi connectivity index (χ1v) is 17.0. The zero-order chi connectivity index (χ0) is 37.3. The summed E-state index contributed by atoms with van der Waals surface area (Å²) < 4.78 is 90.1. The van der Waals surface area contributed by atoms with Gasteiger partial charge in [-0.15, -0.1) is 0 Å². The van der Waals surface area contributed by atoms with Crippen molar-refractivity contribution in [3.63, 3.8) is 0 Å². The Morgan fingerprint density at radius 1 is 1.06 bits per heavy atom. The third-order valence-corrected chi connectivity index (χ3v) is 9.75. The average molecular weight is 720 g/mol. The lowest BCUT2D eigenvalue weighted by molar-refractivity contribution is -0.120. The summed E-state index contributed by atoms with van der Waals surface area (Å²) in [7, 11) is 1.80. The Hall–Kier alpha value is -4.96. The van der Waals surface area contributed by atoms with Gasteiger partial charge in [-0.2, -0.15) is 19.0 Å². The summed E-state index contributed by atoms with van der Waals surface area (Å²) in [5, 5.41) is 19.7. The molecular weight excluding hydrogens is 684 g/mol. The van der Waals surface area contributed by atoms with Crippen LogP contribution in [-0.2, 0) is 37.2 Å². The first kappa shape index (κ1) is 35.4. The number of benzene rings is 2. The van der Waals surface area contributed by atoms with Crippen LogP contribution in [0.2, 0.25) is 0 Å². The number of hydrogen-bond acceptors (Lipinski definition) is 5. The van der Waals surface area contributed by atoms with Crippen molar-refractivity contribution in [2.24, 2.45) is 13.0 Å². The summed E-state index contributed by atoms with van der Waals surface area (Å²) in [5.41, 5.74) is 0.706. The van der Waals surface area contributed by atoms with E-state index < -0.39 is 71.1 Å². The van der Waals surface area contributed by atoms with Gasteiger partial charge in [-0.1, -0.05) is 31.0 Å². The van der Waals surface area contributed by atoms with Crippen LogP contribution in [0.3, 0.4) is 0 Å². The van der Waals surface area contributed by atoms with Crippen LogP contribution in [-0.4, -0.2) is 41.0 Å². The van der Waals surface area contributed by atoms with E-state index in [0.717, 1.165) is 34.8 Å². The highest BCUT2D eigenvalue weighted by Gasteiger charge is 2.67. The number of rotatable bonds is 10. The average Bonchev–Trinajstić information content (AvgIpc) is 3.60. The highest BCUT2D eigenvalue weighted by Crippen LogP contribution is 2.68. The Morgan fingerprint density at radius 2 is 1.79 bits per heavy atom. The molecule has 0 unspecified atom stereocenters. The van der Waals surface area contributed by atoms with Crippen LogP contribution in [0.15, 0.2) is 48.5 Å². The molecule has 5 aromatic rings. The second-order valence-electron chi connectivity index (χ2n) is 14.2. The molecule has 13 heteroatoms. The molecule has 52 heavy (non-hydrogen) atoms. The number of carbonyl (C=O) groups excluding carboxylic acids is 1. The predicted molar refractivity (Wildman–Crippen MR) is 181 cm³/mol. The number of aryl methyl sites for hydroxylation is 2. The Morgan fingerprint density at radius 3 is 2.46 bits per heavy atom. The molecule has 1 saturated carbocycles. The van der Waals surface area contributed by atoms with Crippen LogP contribution in [0.4, 0.5) is 26.3 Å². The molecule has 0 saturated heterocycles. The van der Waals surface area contributed by atoms with Crippen LogP contribution >= 0.6 is 0 Å². The molecule has 2 aromatic carbocycles. The Balaban J connectivity index is 1.36. The predicted octanol–water partition coefficient (Wildman–Crippen LogP) is 7.93. The standard InChI is InChI=1S/C39H35F6N5O2/c1-5-31-28-8-6-7-27(35(28)49(4)47-31)26-10-9-24(11-12-38(2,3)52)46-33(26)21(13-20-14-22(40)17-23(41)15-20)16-25(51)19-50-36-32(34(48-50)37(42)43)29-18-30(29)39(36,44)45/h6-10,14-15,17,21,29-30,37,52H,5,13,16,18-19H2,1-4H3/t21-,29+,30-/m1/s1. The van der Waals surface area contributed by atoms with Crippen LogP contribution in [0.25, 0.3) is 22.0 Å². The quantitative estimate of drug-likeness (QED) is 0.117. The monoisotopic (exact) mass is 719 g/mol. The molecule has 0 bridgehead atoms. The number of alkyl halides is 4. The normalized spacial score (nSPS) is 17.9. The van der Waals surface area contributed by atoms with Gasteiger partial charge >= 0.3 is 0 Å². The number of halogens is 6. The van der Waals surface area contributed by atoms with E-state index in [-0.39, 0.29) is 36.1 Å². The van der Waals surface area contributed by atoms with Gasteiger partial charge in [0.2, 0.25) is 0 Å². The number of para-hydroxylation sites is 1. The molecule has 3 aromatic heterocycles. The number of Topliss-reactive ketones (excluding diaryl/α,β-unsaturated/α-hetero) is 1. The van der Waals surface area contributed by atoms with E-state index in [0.29, 0.717) is 27.9 Å². The van der Waals surface area contributed by atoms with Crippen LogP contribution in [0.5, 0.6) is 0 Å². The largest absolute Gasteiger partial charge is 0.378 e. The summed E-state index contributed by atoms with van der Waals surface area (Å²) in [6.07, 6.45) is -2.84. The Labute approximate surface area is 295 Å². The SMILES string of the molecule is CCc1nn(C)c2c(-c3ccc(C#CC(C)(C)O)nc3[C@@H](CC(=O)Cn3nc(C(F)F)c4c3C(F)(F)[C@@H]3C[C@H]43)Cc3cc(F)cc(F)c3)cccc12. The fourth-order valence-corrected chi connectivity index (χ4v) is 7.55. The number of ketones is 1. The zero-order valence-corrected chi connectivity index (χ0v) is 28.8. The molecule has 7 rings (SSSR count). The molecular formula is C39H35F6N5O2. The van der Waals surface area contributed by atoms with Gasteiger partial charge in [0.1, 0.15) is 40.9 Å². The first-order valence-electron chi connectivity index (χ1n) is 17.0. The second-order valence-corrected chi connectivity index (χ2v) is 14.2. The maximum Gasteiger partial charge on any atom is 0.293 e. The van der Waals surface area contributed by atoms with Crippen LogP contribution in [0, 0.1) is 29.4 Å². The van der Waals surface area contributed by atoms with Crippen molar-refractivity contribution >= 4 is 16.7 Å². The molecule has 2 aliphatic rings.